The van der Waals surface area contributed by atoms with Crippen LogP contribution in [0.3, 0.4) is 0 Å². The molecular formula is C27H34F4N2O2. The van der Waals surface area contributed by atoms with Crippen LogP contribution in [0.4, 0.5) is 23.2 Å². The number of alkyl halides is 3. The number of hydrogen-bond donors (Lipinski definition) is 0. The van der Waals surface area contributed by atoms with Gasteiger partial charge >= 0.3 is 6.18 Å². The second-order valence-electron chi connectivity index (χ2n) is 9.88. The number of anilines is 1. The van der Waals surface area contributed by atoms with Crippen LogP contribution in [0.2, 0.25) is 0 Å². The number of carbonyl (C=O) groups excluding carboxylic acids is 1. The van der Waals surface area contributed by atoms with Gasteiger partial charge in [-0.15, -0.1) is 0 Å². The number of piperazine rings is 1. The van der Waals surface area contributed by atoms with Crippen LogP contribution in [0.15, 0.2) is 42.2 Å². The number of benzene rings is 1. The Morgan fingerprint density at radius 2 is 1.83 bits per heavy atom. The Balaban J connectivity index is 1.17. The monoisotopic (exact) mass is 494 g/mol. The van der Waals surface area contributed by atoms with E-state index in [9.17, 15) is 22.4 Å². The molecule has 4 rings (SSSR count). The highest BCUT2D eigenvalue weighted by Crippen LogP contribution is 2.36. The third kappa shape index (κ3) is 6.87. The average molecular weight is 495 g/mol. The minimum Gasteiger partial charge on any atom is -0.501 e. The maximum absolute atomic E-state index is 14.5. The number of ether oxygens (including phenoxy) is 1. The zero-order chi connectivity index (χ0) is 24.8. The summed E-state index contributed by atoms with van der Waals surface area (Å²) in [5.41, 5.74) is -0.402. The molecule has 2 fully saturated rings. The molecule has 0 radical (unpaired) electrons. The Hall–Kier alpha value is -2.35. The molecule has 0 unspecified atom stereocenters. The molecule has 2 heterocycles. The molecule has 0 spiro atoms. The minimum absolute atomic E-state index is 0.0386. The minimum atomic E-state index is -4.69. The highest BCUT2D eigenvalue weighted by atomic mass is 19.4. The first kappa shape index (κ1) is 25.7. The molecule has 0 bridgehead atoms. The molecular weight excluding hydrogens is 460 g/mol. The number of nitrogens with zero attached hydrogens (tertiary/aromatic N) is 2. The van der Waals surface area contributed by atoms with Crippen molar-refractivity contribution in [1.82, 2.24) is 4.90 Å². The molecule has 0 aromatic heterocycles. The van der Waals surface area contributed by atoms with Gasteiger partial charge in [-0.1, -0.05) is 12.1 Å². The summed E-state index contributed by atoms with van der Waals surface area (Å²) in [6.07, 6.45) is 7.95. The summed E-state index contributed by atoms with van der Waals surface area (Å²) >= 11 is 0. The first-order chi connectivity index (χ1) is 16.8. The maximum atomic E-state index is 14.5. The fourth-order valence-corrected chi connectivity index (χ4v) is 5.31. The number of allylic oxidation sites excluding steroid dienone is 3. The topological polar surface area (TPSA) is 32.8 Å². The van der Waals surface area contributed by atoms with Crippen molar-refractivity contribution >= 4 is 11.5 Å². The first-order valence-electron chi connectivity index (χ1n) is 12.7. The van der Waals surface area contributed by atoms with Crippen LogP contribution in [0.5, 0.6) is 0 Å². The highest BCUT2D eigenvalue weighted by Gasteiger charge is 2.36. The van der Waals surface area contributed by atoms with E-state index in [2.05, 4.69) is 11.0 Å². The molecule has 1 saturated heterocycles. The van der Waals surface area contributed by atoms with Crippen molar-refractivity contribution in [1.29, 1.82) is 0 Å². The Kier molecular flexibility index (Phi) is 8.52. The van der Waals surface area contributed by atoms with Gasteiger partial charge in [-0.3, -0.25) is 9.69 Å². The molecule has 0 N–H and O–H groups in total. The van der Waals surface area contributed by atoms with Crippen LogP contribution in [0, 0.1) is 17.7 Å². The van der Waals surface area contributed by atoms with Crippen molar-refractivity contribution in [2.24, 2.45) is 11.8 Å². The SMILES string of the molecule is O=C(/C=C/C1CCC(CCN2CCN(c3cccc(C(F)(F)F)c3F)CC2)CC1)C1=COCCC1. The van der Waals surface area contributed by atoms with E-state index in [1.165, 1.54) is 12.1 Å². The summed E-state index contributed by atoms with van der Waals surface area (Å²) in [5.74, 6) is -0.00398. The van der Waals surface area contributed by atoms with Crippen molar-refractivity contribution in [3.8, 4) is 0 Å². The molecule has 1 aliphatic carbocycles. The summed E-state index contributed by atoms with van der Waals surface area (Å²) in [6.45, 7) is 4.12. The summed E-state index contributed by atoms with van der Waals surface area (Å²) in [4.78, 5) is 16.3. The summed E-state index contributed by atoms with van der Waals surface area (Å²) < 4.78 is 58.8. The van der Waals surface area contributed by atoms with E-state index in [4.69, 9.17) is 4.74 Å². The second kappa shape index (κ2) is 11.6. The van der Waals surface area contributed by atoms with E-state index in [1.54, 1.807) is 17.2 Å². The van der Waals surface area contributed by atoms with Gasteiger partial charge in [-0.25, -0.2) is 4.39 Å². The van der Waals surface area contributed by atoms with E-state index in [0.29, 0.717) is 31.5 Å². The van der Waals surface area contributed by atoms with Gasteiger partial charge in [0.25, 0.3) is 0 Å². The number of carbonyl (C=O) groups is 1. The van der Waals surface area contributed by atoms with Gasteiger partial charge in [-0.05, 0) is 81.5 Å². The van der Waals surface area contributed by atoms with E-state index < -0.39 is 17.6 Å². The summed E-state index contributed by atoms with van der Waals surface area (Å²) in [5, 5.41) is 0. The van der Waals surface area contributed by atoms with Gasteiger partial charge in [0, 0.05) is 31.8 Å². The number of halogens is 4. The fourth-order valence-electron chi connectivity index (χ4n) is 5.31. The van der Waals surface area contributed by atoms with E-state index >= 15 is 0 Å². The normalized spacial score (nSPS) is 24.3. The van der Waals surface area contributed by atoms with E-state index in [1.807, 2.05) is 0 Å². The predicted octanol–water partition coefficient (Wildman–Crippen LogP) is 5.98. The smallest absolute Gasteiger partial charge is 0.419 e. The van der Waals surface area contributed by atoms with Gasteiger partial charge in [0.05, 0.1) is 24.1 Å². The zero-order valence-electron chi connectivity index (χ0n) is 20.0. The quantitative estimate of drug-likeness (QED) is 0.345. The lowest BCUT2D eigenvalue weighted by Crippen LogP contribution is -2.47. The van der Waals surface area contributed by atoms with Crippen LogP contribution in [-0.4, -0.2) is 50.0 Å². The second-order valence-corrected chi connectivity index (χ2v) is 9.88. The fraction of sp³-hybridized carbons (Fsp3) is 0.593. The Morgan fingerprint density at radius 3 is 2.49 bits per heavy atom. The molecule has 192 valence electrons. The standard InChI is InChI=1S/C27H34F4N2O2/c28-26-23(27(29,30)31)4-1-5-24(26)33-16-14-32(15-17-33)13-12-21-8-6-20(7-9-21)10-11-25(34)22-3-2-18-35-19-22/h1,4-5,10-11,19-21H,2-3,6-9,12-18H2/b11-10+. The molecule has 0 atom stereocenters. The van der Waals surface area contributed by atoms with Gasteiger partial charge in [0.15, 0.2) is 11.6 Å². The van der Waals surface area contributed by atoms with Crippen molar-refractivity contribution in [3.63, 3.8) is 0 Å². The molecule has 1 aromatic carbocycles. The Morgan fingerprint density at radius 1 is 1.09 bits per heavy atom. The first-order valence-corrected chi connectivity index (χ1v) is 12.7. The zero-order valence-corrected chi connectivity index (χ0v) is 20.0. The van der Waals surface area contributed by atoms with Crippen molar-refractivity contribution in [2.45, 2.75) is 51.1 Å². The van der Waals surface area contributed by atoms with Crippen molar-refractivity contribution < 1.29 is 27.1 Å². The molecule has 0 amide bonds. The highest BCUT2D eigenvalue weighted by molar-refractivity contribution is 6.03. The Bertz CT molecular complexity index is 928. The maximum Gasteiger partial charge on any atom is 0.419 e. The Labute approximate surface area is 204 Å². The molecule has 4 nitrogen and oxygen atoms in total. The predicted molar refractivity (Wildman–Crippen MR) is 128 cm³/mol. The third-order valence-electron chi connectivity index (χ3n) is 7.51. The number of hydrogen-bond acceptors (Lipinski definition) is 4. The van der Waals surface area contributed by atoms with Crippen LogP contribution < -0.4 is 4.90 Å². The van der Waals surface area contributed by atoms with E-state index in [0.717, 1.165) is 76.2 Å². The van der Waals surface area contributed by atoms with Gasteiger partial charge in [0.2, 0.25) is 0 Å². The molecule has 1 saturated carbocycles. The van der Waals surface area contributed by atoms with Crippen LogP contribution in [0.1, 0.15) is 50.5 Å². The van der Waals surface area contributed by atoms with E-state index in [-0.39, 0.29) is 11.5 Å². The molecule has 8 heteroatoms. The van der Waals surface area contributed by atoms with Gasteiger partial charge < -0.3 is 9.64 Å². The van der Waals surface area contributed by atoms with Gasteiger partial charge in [-0.2, -0.15) is 13.2 Å². The summed E-state index contributed by atoms with van der Waals surface area (Å²) in [7, 11) is 0. The lowest BCUT2D eigenvalue weighted by molar-refractivity contribution is -0.139. The van der Waals surface area contributed by atoms with Gasteiger partial charge in [0.1, 0.15) is 0 Å². The third-order valence-corrected chi connectivity index (χ3v) is 7.51. The lowest BCUT2D eigenvalue weighted by Gasteiger charge is -2.37. The van der Waals surface area contributed by atoms with Crippen molar-refractivity contribution in [2.75, 3.05) is 44.2 Å². The van der Waals surface area contributed by atoms with Crippen LogP contribution in [-0.2, 0) is 15.7 Å². The van der Waals surface area contributed by atoms with Crippen LogP contribution >= 0.6 is 0 Å². The van der Waals surface area contributed by atoms with Crippen LogP contribution in [0.25, 0.3) is 0 Å². The van der Waals surface area contributed by atoms with Crippen molar-refractivity contribution in [3.05, 3.63) is 53.6 Å². The largest absolute Gasteiger partial charge is 0.501 e. The lowest BCUT2D eigenvalue weighted by atomic mass is 9.80. The molecule has 35 heavy (non-hydrogen) atoms. The molecule has 2 aliphatic heterocycles. The summed E-state index contributed by atoms with van der Waals surface area (Å²) in [6, 6.07) is 3.50. The number of rotatable bonds is 7. The average Bonchev–Trinajstić information content (AvgIpc) is 2.87. The number of ketones is 1. The molecule has 3 aliphatic rings. The molecule has 1 aromatic rings.